The Bertz CT molecular complexity index is 1190. The molecule has 0 saturated carbocycles. The first-order chi connectivity index (χ1) is 14.7. The van der Waals surface area contributed by atoms with Gasteiger partial charge in [0.2, 0.25) is 11.8 Å². The van der Waals surface area contributed by atoms with E-state index in [1.165, 1.54) is 6.08 Å². The second-order valence-corrected chi connectivity index (χ2v) is 8.31. The van der Waals surface area contributed by atoms with Crippen LogP contribution in [0.15, 0.2) is 47.0 Å². The van der Waals surface area contributed by atoms with Crippen molar-refractivity contribution >= 4 is 34.7 Å². The van der Waals surface area contributed by atoms with Crippen molar-refractivity contribution < 1.29 is 14.0 Å². The second-order valence-electron chi connectivity index (χ2n) is 8.31. The van der Waals surface area contributed by atoms with Crippen LogP contribution >= 0.6 is 0 Å². The number of aromatic nitrogens is 1. The Balaban J connectivity index is 1.47. The van der Waals surface area contributed by atoms with Gasteiger partial charge in [0.05, 0.1) is 5.54 Å². The quantitative estimate of drug-likeness (QED) is 0.632. The molecular formula is C24H26N4O3. The molecule has 0 aliphatic carbocycles. The summed E-state index contributed by atoms with van der Waals surface area (Å²) in [4.78, 5) is 30.8. The van der Waals surface area contributed by atoms with Gasteiger partial charge in [0, 0.05) is 36.8 Å². The molecule has 3 heterocycles. The van der Waals surface area contributed by atoms with E-state index in [9.17, 15) is 9.59 Å². The molecule has 31 heavy (non-hydrogen) atoms. The van der Waals surface area contributed by atoms with E-state index in [0.717, 1.165) is 33.4 Å². The molecule has 0 radical (unpaired) electrons. The number of benzene rings is 1. The van der Waals surface area contributed by atoms with Gasteiger partial charge in [-0.1, -0.05) is 18.2 Å². The molecule has 2 aromatic heterocycles. The van der Waals surface area contributed by atoms with Gasteiger partial charge in [-0.05, 0) is 56.0 Å². The van der Waals surface area contributed by atoms with Gasteiger partial charge in [-0.25, -0.2) is 4.98 Å². The van der Waals surface area contributed by atoms with Crippen molar-refractivity contribution in [3.8, 4) is 0 Å². The second kappa shape index (κ2) is 8.00. The van der Waals surface area contributed by atoms with Crippen LogP contribution in [0.5, 0.6) is 0 Å². The molecule has 1 atom stereocenters. The van der Waals surface area contributed by atoms with Gasteiger partial charge < -0.3 is 20.4 Å². The number of carbonyl (C=O) groups excluding carboxylic acids is 2. The zero-order valence-electron chi connectivity index (χ0n) is 17.9. The maximum absolute atomic E-state index is 12.7. The predicted octanol–water partition coefficient (Wildman–Crippen LogP) is 3.41. The minimum absolute atomic E-state index is 0.123. The number of nitrogens with one attached hydrogen (secondary N) is 1. The Morgan fingerprint density at radius 2 is 2.16 bits per heavy atom. The molecule has 0 fully saturated rings. The molecule has 1 aliphatic rings. The first kappa shape index (κ1) is 20.8. The first-order valence-electron chi connectivity index (χ1n) is 10.2. The lowest BCUT2D eigenvalue weighted by molar-refractivity contribution is -0.125. The number of hydrogen-bond donors (Lipinski definition) is 2. The van der Waals surface area contributed by atoms with Gasteiger partial charge in [-0.2, -0.15) is 0 Å². The third kappa shape index (κ3) is 4.22. The van der Waals surface area contributed by atoms with Crippen molar-refractivity contribution in [2.75, 3.05) is 12.4 Å². The van der Waals surface area contributed by atoms with E-state index < -0.39 is 5.54 Å². The van der Waals surface area contributed by atoms with Crippen molar-refractivity contribution in [2.45, 2.75) is 38.8 Å². The fraction of sp³-hybridized carbons (Fsp3) is 0.292. The summed E-state index contributed by atoms with van der Waals surface area (Å²) in [5.74, 6) is 0.985. The Labute approximate surface area is 180 Å². The van der Waals surface area contributed by atoms with E-state index in [2.05, 4.69) is 10.3 Å². The van der Waals surface area contributed by atoms with Crippen molar-refractivity contribution in [1.29, 1.82) is 0 Å². The number of hydrogen-bond acceptors (Lipinski definition) is 5. The number of nitrogens with two attached hydrogens (primary N) is 1. The average molecular weight is 418 g/mol. The molecule has 0 spiro atoms. The van der Waals surface area contributed by atoms with Crippen LogP contribution in [0, 0.1) is 6.92 Å². The van der Waals surface area contributed by atoms with Gasteiger partial charge in [0.15, 0.2) is 0 Å². The summed E-state index contributed by atoms with van der Waals surface area (Å²) in [6, 6.07) is 9.75. The molecule has 7 heteroatoms. The van der Waals surface area contributed by atoms with Crippen LogP contribution in [0.3, 0.4) is 0 Å². The van der Waals surface area contributed by atoms with E-state index >= 15 is 0 Å². The highest BCUT2D eigenvalue weighted by Gasteiger charge is 2.32. The Morgan fingerprint density at radius 1 is 1.39 bits per heavy atom. The summed E-state index contributed by atoms with van der Waals surface area (Å²) in [6.07, 6.45) is 6.07. The molecule has 1 aliphatic heterocycles. The van der Waals surface area contributed by atoms with Crippen LogP contribution in [0.1, 0.15) is 35.8 Å². The number of para-hydroxylation sites is 1. The van der Waals surface area contributed by atoms with Crippen LogP contribution in [0.25, 0.3) is 17.0 Å². The molecule has 1 aromatic carbocycles. The number of amides is 2. The van der Waals surface area contributed by atoms with E-state index in [4.69, 9.17) is 10.2 Å². The summed E-state index contributed by atoms with van der Waals surface area (Å²) >= 11 is 0. The number of likely N-dealkylation sites (N-methyl/N-ethyl adjacent to an activating group) is 1. The fourth-order valence-corrected chi connectivity index (χ4v) is 3.71. The molecule has 1 unspecified atom stereocenters. The van der Waals surface area contributed by atoms with E-state index in [1.54, 1.807) is 31.1 Å². The number of rotatable bonds is 4. The average Bonchev–Trinajstić information content (AvgIpc) is 3.00. The smallest absolute Gasteiger partial charge is 0.246 e. The number of carbonyl (C=O) groups is 2. The van der Waals surface area contributed by atoms with Crippen molar-refractivity contribution in [1.82, 2.24) is 9.88 Å². The Morgan fingerprint density at radius 3 is 2.97 bits per heavy atom. The fourth-order valence-electron chi connectivity index (χ4n) is 3.71. The van der Waals surface area contributed by atoms with Crippen molar-refractivity contribution in [3.05, 3.63) is 65.1 Å². The zero-order chi connectivity index (χ0) is 22.2. The van der Waals surface area contributed by atoms with Crippen LogP contribution in [-0.4, -0.2) is 34.3 Å². The SMILES string of the molecule is Cc1oc2ccccc2c1CN(C)C(=O)/C=C/c1cnc2c(c1)CCC(C)(N)C(=O)N2. The molecule has 4 rings (SSSR count). The maximum atomic E-state index is 12.7. The van der Waals surface area contributed by atoms with Gasteiger partial charge in [0.25, 0.3) is 0 Å². The predicted molar refractivity (Wildman–Crippen MR) is 120 cm³/mol. The number of aryl methyl sites for hydroxylation is 2. The minimum Gasteiger partial charge on any atom is -0.461 e. The highest BCUT2D eigenvalue weighted by Crippen LogP contribution is 2.27. The number of pyridine rings is 1. The van der Waals surface area contributed by atoms with Crippen LogP contribution < -0.4 is 11.1 Å². The number of furan rings is 1. The lowest BCUT2D eigenvalue weighted by Gasteiger charge is -2.19. The molecule has 3 N–H and O–H groups in total. The highest BCUT2D eigenvalue weighted by molar-refractivity contribution is 5.98. The van der Waals surface area contributed by atoms with Crippen molar-refractivity contribution in [2.24, 2.45) is 5.73 Å². The van der Waals surface area contributed by atoms with Gasteiger partial charge >= 0.3 is 0 Å². The summed E-state index contributed by atoms with van der Waals surface area (Å²) in [5.41, 5.74) is 8.66. The van der Waals surface area contributed by atoms with Crippen LogP contribution in [-0.2, 0) is 22.6 Å². The topological polar surface area (TPSA) is 101 Å². The van der Waals surface area contributed by atoms with E-state index in [-0.39, 0.29) is 11.8 Å². The normalized spacial score (nSPS) is 18.6. The third-order valence-electron chi connectivity index (χ3n) is 5.74. The molecule has 160 valence electrons. The molecular weight excluding hydrogens is 392 g/mol. The van der Waals surface area contributed by atoms with E-state index in [0.29, 0.717) is 25.2 Å². The van der Waals surface area contributed by atoms with Crippen LogP contribution in [0.2, 0.25) is 0 Å². The zero-order valence-corrected chi connectivity index (χ0v) is 17.9. The summed E-state index contributed by atoms with van der Waals surface area (Å²) in [5, 5.41) is 3.81. The minimum atomic E-state index is -0.926. The molecule has 0 saturated heterocycles. The summed E-state index contributed by atoms with van der Waals surface area (Å²) < 4.78 is 5.79. The summed E-state index contributed by atoms with van der Waals surface area (Å²) in [6.45, 7) is 4.08. The monoisotopic (exact) mass is 418 g/mol. The third-order valence-corrected chi connectivity index (χ3v) is 5.74. The molecule has 2 amide bonds. The standard InChI is InChI=1S/C24H26N4O3/c1-15-19(18-6-4-5-7-20(18)31-15)14-28(3)21(29)9-8-16-12-17-10-11-24(2,25)23(30)27-22(17)26-13-16/h4-9,12-13H,10-11,14,25H2,1-3H3,(H,26,27,30)/b9-8+. The lowest BCUT2D eigenvalue weighted by Crippen LogP contribution is -2.47. The largest absolute Gasteiger partial charge is 0.461 e. The van der Waals surface area contributed by atoms with Gasteiger partial charge in [0.1, 0.15) is 17.2 Å². The molecule has 0 bridgehead atoms. The van der Waals surface area contributed by atoms with Crippen LogP contribution in [0.4, 0.5) is 5.82 Å². The number of fused-ring (bicyclic) bond motifs is 2. The Hall–Kier alpha value is -3.45. The van der Waals surface area contributed by atoms with Gasteiger partial charge in [-0.3, -0.25) is 9.59 Å². The molecule has 7 nitrogen and oxygen atoms in total. The van der Waals surface area contributed by atoms with Crippen molar-refractivity contribution in [3.63, 3.8) is 0 Å². The Kier molecular flexibility index (Phi) is 5.37. The highest BCUT2D eigenvalue weighted by atomic mass is 16.3. The summed E-state index contributed by atoms with van der Waals surface area (Å²) in [7, 11) is 1.76. The van der Waals surface area contributed by atoms with E-state index in [1.807, 2.05) is 37.3 Å². The molecule has 3 aromatic rings. The number of anilines is 1. The maximum Gasteiger partial charge on any atom is 0.246 e. The van der Waals surface area contributed by atoms with Gasteiger partial charge in [-0.15, -0.1) is 0 Å². The number of nitrogens with zero attached hydrogens (tertiary/aromatic N) is 2. The first-order valence-corrected chi connectivity index (χ1v) is 10.2. The lowest BCUT2D eigenvalue weighted by atomic mass is 9.95.